The number of halogens is 2. The second-order valence-electron chi connectivity index (χ2n) is 6.41. The third-order valence-corrected chi connectivity index (χ3v) is 4.82. The first-order valence-electron chi connectivity index (χ1n) is 8.30. The maximum absolute atomic E-state index is 9.32. The van der Waals surface area contributed by atoms with Gasteiger partial charge in [0.15, 0.2) is 17.0 Å². The molecule has 2 unspecified atom stereocenters. The van der Waals surface area contributed by atoms with E-state index < -0.39 is 0 Å². The van der Waals surface area contributed by atoms with Gasteiger partial charge < -0.3 is 20.3 Å². The number of fused-ring (bicyclic) bond motifs is 1. The van der Waals surface area contributed by atoms with Crippen LogP contribution in [0.15, 0.2) is 18.5 Å². The molecule has 2 aromatic heterocycles. The van der Waals surface area contributed by atoms with Gasteiger partial charge in [0, 0.05) is 25.6 Å². The van der Waals surface area contributed by atoms with Gasteiger partial charge >= 0.3 is 0 Å². The predicted molar refractivity (Wildman–Crippen MR) is 104 cm³/mol. The minimum Gasteiger partial charge on any atom is -0.396 e. The fraction of sp³-hybridized carbons (Fsp3) is 0.562. The van der Waals surface area contributed by atoms with E-state index in [1.165, 1.54) is 19.3 Å². The lowest BCUT2D eigenvalue weighted by Crippen LogP contribution is -2.30. The fourth-order valence-electron chi connectivity index (χ4n) is 3.58. The zero-order valence-corrected chi connectivity index (χ0v) is 15.5. The molecule has 2 atom stereocenters. The predicted octanol–water partition coefficient (Wildman–Crippen LogP) is 2.35. The molecule has 0 radical (unpaired) electrons. The molecule has 7 nitrogen and oxygen atoms in total. The van der Waals surface area contributed by atoms with Crippen molar-refractivity contribution in [1.29, 1.82) is 0 Å². The standard InChI is InChI=1S/C16H22N6O.2ClH/c17-16-19-14(21-6-2-1-3-7-21)13-15(20-16)22(10-18-13)12-5-4-11(8-12)9-23;;/h4-5,10-12,23H,1-3,6-9H2,(H2,17,19,20);2*1H. The number of aromatic nitrogens is 4. The van der Waals surface area contributed by atoms with E-state index in [0.29, 0.717) is 5.95 Å². The summed E-state index contributed by atoms with van der Waals surface area (Å²) in [6.45, 7) is 2.17. The molecular formula is C16H24Cl2N6O. The van der Waals surface area contributed by atoms with Gasteiger partial charge in [-0.25, -0.2) is 4.98 Å². The number of nitrogens with two attached hydrogens (primary N) is 1. The average molecular weight is 387 g/mol. The van der Waals surface area contributed by atoms with E-state index in [9.17, 15) is 5.11 Å². The molecule has 2 aromatic rings. The van der Waals surface area contributed by atoms with Crippen molar-refractivity contribution in [2.24, 2.45) is 5.92 Å². The SMILES string of the molecule is Cl.Cl.Nc1nc(N2CCCCC2)c2ncn(C3C=CC(CO)C3)c2n1. The minimum absolute atomic E-state index is 0. The summed E-state index contributed by atoms with van der Waals surface area (Å²) in [6, 6.07) is 0.167. The highest BCUT2D eigenvalue weighted by atomic mass is 35.5. The minimum atomic E-state index is 0. The number of aliphatic hydroxyl groups excluding tert-OH is 1. The Balaban J connectivity index is 0.00000113. The van der Waals surface area contributed by atoms with Crippen LogP contribution in [0, 0.1) is 5.92 Å². The number of piperidine rings is 1. The zero-order valence-electron chi connectivity index (χ0n) is 13.9. The van der Waals surface area contributed by atoms with Crippen molar-refractivity contribution in [3.8, 4) is 0 Å². The molecular weight excluding hydrogens is 363 g/mol. The van der Waals surface area contributed by atoms with Gasteiger partial charge in [-0.2, -0.15) is 9.97 Å². The zero-order chi connectivity index (χ0) is 15.8. The van der Waals surface area contributed by atoms with Gasteiger partial charge in [0.2, 0.25) is 5.95 Å². The number of hydrogen-bond acceptors (Lipinski definition) is 6. The Morgan fingerprint density at radius 1 is 1.12 bits per heavy atom. The van der Waals surface area contributed by atoms with Gasteiger partial charge in [-0.15, -0.1) is 24.8 Å². The largest absolute Gasteiger partial charge is 0.396 e. The lowest BCUT2D eigenvalue weighted by molar-refractivity contribution is 0.244. The Morgan fingerprint density at radius 2 is 1.88 bits per heavy atom. The van der Waals surface area contributed by atoms with Crippen LogP contribution in [0.25, 0.3) is 11.2 Å². The van der Waals surface area contributed by atoms with E-state index >= 15 is 0 Å². The average Bonchev–Trinajstić information content (AvgIpc) is 3.21. The number of allylic oxidation sites excluding steroid dienone is 1. The molecule has 0 spiro atoms. The Hall–Kier alpha value is -1.57. The second kappa shape index (κ2) is 8.21. The highest BCUT2D eigenvalue weighted by molar-refractivity contribution is 5.86. The monoisotopic (exact) mass is 386 g/mol. The molecule has 2 aliphatic rings. The normalized spacial score (nSPS) is 22.7. The summed E-state index contributed by atoms with van der Waals surface area (Å²) in [5.41, 5.74) is 7.57. The Kier molecular flexibility index (Phi) is 6.48. The molecule has 1 fully saturated rings. The first-order chi connectivity index (χ1) is 11.3. The lowest BCUT2D eigenvalue weighted by Gasteiger charge is -2.27. The van der Waals surface area contributed by atoms with Gasteiger partial charge in [-0.05, 0) is 25.7 Å². The Labute approximate surface area is 159 Å². The maximum atomic E-state index is 9.32. The van der Waals surface area contributed by atoms with E-state index in [0.717, 1.165) is 36.5 Å². The fourth-order valence-corrected chi connectivity index (χ4v) is 3.58. The van der Waals surface area contributed by atoms with Crippen LogP contribution in [0.2, 0.25) is 0 Å². The smallest absolute Gasteiger partial charge is 0.224 e. The summed E-state index contributed by atoms with van der Waals surface area (Å²) in [4.78, 5) is 15.7. The van der Waals surface area contributed by atoms with E-state index in [2.05, 4.69) is 32.0 Å². The van der Waals surface area contributed by atoms with E-state index in [4.69, 9.17) is 5.73 Å². The van der Waals surface area contributed by atoms with Gasteiger partial charge in [0.25, 0.3) is 0 Å². The van der Waals surface area contributed by atoms with Crippen LogP contribution in [-0.2, 0) is 0 Å². The van der Waals surface area contributed by atoms with Gasteiger partial charge in [-0.1, -0.05) is 12.2 Å². The van der Waals surface area contributed by atoms with Crippen molar-refractivity contribution in [2.75, 3.05) is 30.3 Å². The van der Waals surface area contributed by atoms with Crippen molar-refractivity contribution in [3.63, 3.8) is 0 Å². The van der Waals surface area contributed by atoms with Crippen LogP contribution >= 0.6 is 24.8 Å². The first-order valence-corrected chi connectivity index (χ1v) is 8.30. The molecule has 0 bridgehead atoms. The highest BCUT2D eigenvalue weighted by Gasteiger charge is 2.24. The van der Waals surface area contributed by atoms with Crippen molar-refractivity contribution < 1.29 is 5.11 Å². The molecule has 0 saturated carbocycles. The highest BCUT2D eigenvalue weighted by Crippen LogP contribution is 2.32. The molecule has 1 aliphatic carbocycles. The Morgan fingerprint density at radius 3 is 2.56 bits per heavy atom. The summed E-state index contributed by atoms with van der Waals surface area (Å²) in [5, 5.41) is 9.32. The number of imidazole rings is 1. The molecule has 1 saturated heterocycles. The topological polar surface area (TPSA) is 93.1 Å². The van der Waals surface area contributed by atoms with Crippen molar-refractivity contribution in [1.82, 2.24) is 19.5 Å². The van der Waals surface area contributed by atoms with Crippen LogP contribution < -0.4 is 10.6 Å². The van der Waals surface area contributed by atoms with Crippen LogP contribution in [0.4, 0.5) is 11.8 Å². The van der Waals surface area contributed by atoms with Crippen LogP contribution in [-0.4, -0.2) is 44.3 Å². The van der Waals surface area contributed by atoms with E-state index in [-0.39, 0.29) is 43.4 Å². The quantitative estimate of drug-likeness (QED) is 0.786. The van der Waals surface area contributed by atoms with Crippen molar-refractivity contribution in [2.45, 2.75) is 31.7 Å². The van der Waals surface area contributed by atoms with E-state index in [1.807, 2.05) is 10.9 Å². The molecule has 4 rings (SSSR count). The molecule has 1 aliphatic heterocycles. The lowest BCUT2D eigenvalue weighted by atomic mass is 10.1. The third kappa shape index (κ3) is 3.68. The summed E-state index contributed by atoms with van der Waals surface area (Å²) in [6.07, 6.45) is 10.5. The number of nitrogen functional groups attached to an aromatic ring is 1. The number of rotatable bonds is 3. The third-order valence-electron chi connectivity index (χ3n) is 4.82. The number of aliphatic hydroxyl groups is 1. The molecule has 9 heteroatoms. The summed E-state index contributed by atoms with van der Waals surface area (Å²) < 4.78 is 2.05. The van der Waals surface area contributed by atoms with Crippen LogP contribution in [0.1, 0.15) is 31.7 Å². The van der Waals surface area contributed by atoms with Crippen LogP contribution in [0.5, 0.6) is 0 Å². The summed E-state index contributed by atoms with van der Waals surface area (Å²) in [7, 11) is 0. The molecule has 138 valence electrons. The molecule has 0 aromatic carbocycles. The van der Waals surface area contributed by atoms with Crippen LogP contribution in [0.3, 0.4) is 0 Å². The number of hydrogen-bond donors (Lipinski definition) is 2. The van der Waals surface area contributed by atoms with Gasteiger partial charge in [0.1, 0.15) is 0 Å². The molecule has 0 amide bonds. The van der Waals surface area contributed by atoms with Gasteiger partial charge in [-0.3, -0.25) is 0 Å². The van der Waals surface area contributed by atoms with Crippen molar-refractivity contribution in [3.05, 3.63) is 18.5 Å². The molecule has 3 N–H and O–H groups in total. The maximum Gasteiger partial charge on any atom is 0.224 e. The molecule has 25 heavy (non-hydrogen) atoms. The Bertz CT molecular complexity index is 744. The number of anilines is 2. The number of nitrogens with zero attached hydrogens (tertiary/aromatic N) is 5. The van der Waals surface area contributed by atoms with Crippen molar-refractivity contribution >= 4 is 47.7 Å². The molecule has 3 heterocycles. The first kappa shape index (κ1) is 19.8. The summed E-state index contributed by atoms with van der Waals surface area (Å²) >= 11 is 0. The van der Waals surface area contributed by atoms with Gasteiger partial charge in [0.05, 0.1) is 12.4 Å². The second-order valence-corrected chi connectivity index (χ2v) is 6.41. The van der Waals surface area contributed by atoms with E-state index in [1.54, 1.807) is 0 Å². The summed E-state index contributed by atoms with van der Waals surface area (Å²) in [5.74, 6) is 1.35.